The van der Waals surface area contributed by atoms with Crippen LogP contribution in [-0.4, -0.2) is 30.3 Å². The SMILES string of the molecule is CCCCOC(=O)N[C@@H](Cc1ccc(I)cc1)C(=O)OC(C)(C)C. The van der Waals surface area contributed by atoms with Gasteiger partial charge < -0.3 is 14.8 Å². The van der Waals surface area contributed by atoms with Crippen molar-refractivity contribution < 1.29 is 19.1 Å². The minimum absolute atomic E-state index is 0.340. The number of ether oxygens (including phenoxy) is 2. The average Bonchev–Trinajstić information content (AvgIpc) is 2.47. The van der Waals surface area contributed by atoms with Crippen molar-refractivity contribution in [1.82, 2.24) is 5.32 Å². The Bertz CT molecular complexity index is 537. The molecule has 0 saturated heterocycles. The van der Waals surface area contributed by atoms with Crippen LogP contribution in [0.2, 0.25) is 0 Å². The number of benzene rings is 1. The first-order chi connectivity index (χ1) is 11.2. The van der Waals surface area contributed by atoms with E-state index in [0.29, 0.717) is 13.0 Å². The number of halogens is 1. The zero-order valence-electron chi connectivity index (χ0n) is 14.7. The van der Waals surface area contributed by atoms with Gasteiger partial charge in [0.2, 0.25) is 0 Å². The highest BCUT2D eigenvalue weighted by molar-refractivity contribution is 14.1. The van der Waals surface area contributed by atoms with Crippen molar-refractivity contribution in [1.29, 1.82) is 0 Å². The minimum Gasteiger partial charge on any atom is -0.458 e. The van der Waals surface area contributed by atoms with E-state index in [1.807, 2.05) is 31.2 Å². The molecule has 134 valence electrons. The molecule has 0 radical (unpaired) electrons. The molecule has 0 bridgehead atoms. The smallest absolute Gasteiger partial charge is 0.407 e. The lowest BCUT2D eigenvalue weighted by Gasteiger charge is -2.24. The third kappa shape index (κ3) is 8.52. The van der Waals surface area contributed by atoms with E-state index in [1.165, 1.54) is 0 Å². The van der Waals surface area contributed by atoms with Gasteiger partial charge in [-0.25, -0.2) is 9.59 Å². The molecule has 1 N–H and O–H groups in total. The maximum atomic E-state index is 12.4. The van der Waals surface area contributed by atoms with E-state index in [9.17, 15) is 9.59 Å². The summed E-state index contributed by atoms with van der Waals surface area (Å²) in [5.74, 6) is -0.464. The molecule has 0 aliphatic carbocycles. The Morgan fingerprint density at radius 3 is 2.38 bits per heavy atom. The first-order valence-electron chi connectivity index (χ1n) is 8.12. The van der Waals surface area contributed by atoms with Crippen molar-refractivity contribution in [2.75, 3.05) is 6.61 Å². The average molecular weight is 447 g/mol. The van der Waals surface area contributed by atoms with Crippen LogP contribution in [0.25, 0.3) is 0 Å². The van der Waals surface area contributed by atoms with Gasteiger partial charge in [-0.1, -0.05) is 25.5 Å². The van der Waals surface area contributed by atoms with E-state index in [1.54, 1.807) is 20.8 Å². The number of hydrogen-bond acceptors (Lipinski definition) is 4. The van der Waals surface area contributed by atoms with Gasteiger partial charge in [-0.2, -0.15) is 0 Å². The van der Waals surface area contributed by atoms with E-state index in [4.69, 9.17) is 9.47 Å². The van der Waals surface area contributed by atoms with E-state index in [2.05, 4.69) is 27.9 Å². The highest BCUT2D eigenvalue weighted by Gasteiger charge is 2.27. The molecule has 1 atom stereocenters. The molecule has 24 heavy (non-hydrogen) atoms. The molecule has 0 spiro atoms. The van der Waals surface area contributed by atoms with E-state index in [0.717, 1.165) is 22.0 Å². The molecule has 0 aliphatic rings. The predicted molar refractivity (Wildman–Crippen MR) is 102 cm³/mol. The Morgan fingerprint density at radius 2 is 1.83 bits per heavy atom. The summed E-state index contributed by atoms with van der Waals surface area (Å²) >= 11 is 2.22. The summed E-state index contributed by atoms with van der Waals surface area (Å²) in [7, 11) is 0. The lowest BCUT2D eigenvalue weighted by Crippen LogP contribution is -2.45. The monoisotopic (exact) mass is 447 g/mol. The van der Waals surface area contributed by atoms with Crippen LogP contribution < -0.4 is 5.32 Å². The topological polar surface area (TPSA) is 64.6 Å². The van der Waals surface area contributed by atoms with E-state index >= 15 is 0 Å². The molecular formula is C18H26INO4. The van der Waals surface area contributed by atoms with Gasteiger partial charge in [-0.3, -0.25) is 0 Å². The Kier molecular flexibility index (Phi) is 8.52. The number of amides is 1. The largest absolute Gasteiger partial charge is 0.458 e. The molecule has 6 heteroatoms. The van der Waals surface area contributed by atoms with Crippen molar-refractivity contribution in [2.24, 2.45) is 0 Å². The highest BCUT2D eigenvalue weighted by Crippen LogP contribution is 2.13. The normalized spacial score (nSPS) is 12.4. The van der Waals surface area contributed by atoms with Gasteiger partial charge in [-0.15, -0.1) is 0 Å². The molecular weight excluding hydrogens is 421 g/mol. The highest BCUT2D eigenvalue weighted by atomic mass is 127. The molecule has 1 amide bonds. The third-order valence-corrected chi connectivity index (χ3v) is 3.79. The first kappa shape index (κ1) is 20.7. The number of carbonyl (C=O) groups is 2. The molecule has 0 heterocycles. The van der Waals surface area contributed by atoms with Crippen molar-refractivity contribution in [2.45, 2.75) is 58.6 Å². The molecule has 5 nitrogen and oxygen atoms in total. The van der Waals surface area contributed by atoms with Crippen LogP contribution >= 0.6 is 22.6 Å². The molecule has 1 aromatic rings. The fraction of sp³-hybridized carbons (Fsp3) is 0.556. The van der Waals surface area contributed by atoms with Gasteiger partial charge in [0.05, 0.1) is 6.61 Å². The van der Waals surface area contributed by atoms with Crippen LogP contribution in [0.5, 0.6) is 0 Å². The quantitative estimate of drug-likeness (QED) is 0.389. The molecule has 1 rings (SSSR count). The number of unbranched alkanes of at least 4 members (excludes halogenated alkanes) is 1. The maximum Gasteiger partial charge on any atom is 0.407 e. The molecule has 1 aromatic carbocycles. The summed E-state index contributed by atoms with van der Waals surface area (Å²) in [5, 5.41) is 2.62. The lowest BCUT2D eigenvalue weighted by molar-refractivity contribution is -0.157. The van der Waals surface area contributed by atoms with Gasteiger partial charge in [0.25, 0.3) is 0 Å². The number of carbonyl (C=O) groups excluding carboxylic acids is 2. The van der Waals surface area contributed by atoms with Crippen molar-refractivity contribution in [3.05, 3.63) is 33.4 Å². The fourth-order valence-corrected chi connectivity index (χ4v) is 2.28. The second-order valence-electron chi connectivity index (χ2n) is 6.55. The standard InChI is InChI=1S/C18H26INO4/c1-5-6-11-23-17(22)20-15(16(21)24-18(2,3)4)12-13-7-9-14(19)10-8-13/h7-10,15H,5-6,11-12H2,1-4H3,(H,20,22)/t15-/m0/s1. The summed E-state index contributed by atoms with van der Waals surface area (Å²) in [6.07, 6.45) is 1.49. The Balaban J connectivity index is 2.76. The van der Waals surface area contributed by atoms with Crippen LogP contribution in [0.15, 0.2) is 24.3 Å². The van der Waals surface area contributed by atoms with Gasteiger partial charge in [0.1, 0.15) is 11.6 Å². The second-order valence-corrected chi connectivity index (χ2v) is 7.80. The van der Waals surface area contributed by atoms with Crippen molar-refractivity contribution in [3.63, 3.8) is 0 Å². The van der Waals surface area contributed by atoms with Crippen LogP contribution in [0.4, 0.5) is 4.79 Å². The number of rotatable bonds is 7. The predicted octanol–water partition coefficient (Wildman–Crippen LogP) is 4.07. The number of alkyl carbamates (subject to hydrolysis) is 1. The molecule has 0 aromatic heterocycles. The second kappa shape index (κ2) is 9.86. The van der Waals surface area contributed by atoms with Crippen molar-refractivity contribution in [3.8, 4) is 0 Å². The lowest BCUT2D eigenvalue weighted by atomic mass is 10.1. The molecule has 0 fully saturated rings. The van der Waals surface area contributed by atoms with E-state index in [-0.39, 0.29) is 0 Å². The van der Waals surface area contributed by atoms with Gasteiger partial charge in [-0.05, 0) is 67.5 Å². The molecule has 0 aliphatic heterocycles. The van der Waals surface area contributed by atoms with Gasteiger partial charge in [0.15, 0.2) is 0 Å². The Morgan fingerprint density at radius 1 is 1.21 bits per heavy atom. The summed E-state index contributed by atoms with van der Waals surface area (Å²) < 4.78 is 11.6. The van der Waals surface area contributed by atoms with Gasteiger partial charge >= 0.3 is 12.1 Å². The van der Waals surface area contributed by atoms with Crippen LogP contribution in [0, 0.1) is 3.57 Å². The van der Waals surface area contributed by atoms with Gasteiger partial charge in [0, 0.05) is 9.99 Å². The van der Waals surface area contributed by atoms with Crippen LogP contribution in [-0.2, 0) is 20.7 Å². The van der Waals surface area contributed by atoms with Crippen LogP contribution in [0.3, 0.4) is 0 Å². The zero-order valence-corrected chi connectivity index (χ0v) is 16.9. The molecule has 0 unspecified atom stereocenters. The summed E-state index contributed by atoms with van der Waals surface area (Å²) in [6.45, 7) is 7.75. The number of hydrogen-bond donors (Lipinski definition) is 1. The van der Waals surface area contributed by atoms with Crippen molar-refractivity contribution >= 4 is 34.7 Å². The molecule has 0 saturated carbocycles. The summed E-state index contributed by atoms with van der Waals surface area (Å²) in [5.41, 5.74) is 0.329. The van der Waals surface area contributed by atoms with Crippen LogP contribution in [0.1, 0.15) is 46.1 Å². The number of nitrogens with one attached hydrogen (secondary N) is 1. The summed E-state index contributed by atoms with van der Waals surface area (Å²) in [4.78, 5) is 24.3. The fourth-order valence-electron chi connectivity index (χ4n) is 1.92. The Hall–Kier alpha value is -1.31. The summed E-state index contributed by atoms with van der Waals surface area (Å²) in [6, 6.07) is 7.01. The third-order valence-electron chi connectivity index (χ3n) is 3.07. The zero-order chi connectivity index (χ0) is 18.2. The Labute approximate surface area is 157 Å². The first-order valence-corrected chi connectivity index (χ1v) is 9.19. The number of esters is 1. The minimum atomic E-state index is -0.779. The van der Waals surface area contributed by atoms with E-state index < -0.39 is 23.7 Å². The maximum absolute atomic E-state index is 12.4.